The highest BCUT2D eigenvalue weighted by atomic mass is 16.3. The van der Waals surface area contributed by atoms with Crippen molar-refractivity contribution in [2.75, 3.05) is 0 Å². The Morgan fingerprint density at radius 3 is 2.07 bits per heavy atom. The molecule has 6 heteroatoms. The van der Waals surface area contributed by atoms with E-state index in [0.29, 0.717) is 22.8 Å². The first-order valence-corrected chi connectivity index (χ1v) is 9.23. The number of nitrogens with zero attached hydrogens (tertiary/aromatic N) is 1. The van der Waals surface area contributed by atoms with E-state index in [4.69, 9.17) is 4.42 Å². The molecule has 2 N–H and O–H groups in total. The number of hydrogen-bond acceptors (Lipinski definition) is 3. The molecule has 0 radical (unpaired) electrons. The highest BCUT2D eigenvalue weighted by Gasteiger charge is 2.18. The molecule has 0 fully saturated rings. The predicted molar refractivity (Wildman–Crippen MR) is 108 cm³/mol. The third kappa shape index (κ3) is 3.71. The molecule has 3 aromatic rings. The van der Waals surface area contributed by atoms with Gasteiger partial charge in [0.1, 0.15) is 5.76 Å². The first-order valence-electron chi connectivity index (χ1n) is 9.23. The number of nitrogens with one attached hydrogen (secondary N) is 2. The van der Waals surface area contributed by atoms with Gasteiger partial charge in [0.05, 0.1) is 17.4 Å². The Labute approximate surface area is 164 Å². The van der Waals surface area contributed by atoms with E-state index in [1.165, 1.54) is 11.8 Å². The fraction of sp³-hybridized carbons (Fsp3) is 0.273. The highest BCUT2D eigenvalue weighted by Crippen LogP contribution is 2.23. The Morgan fingerprint density at radius 1 is 0.929 bits per heavy atom. The summed E-state index contributed by atoms with van der Waals surface area (Å²) in [5.74, 6) is 0.171. The molecule has 0 unspecified atom stereocenters. The molecule has 0 saturated heterocycles. The largest absolute Gasteiger partial charge is 0.469 e. The van der Waals surface area contributed by atoms with Gasteiger partial charge >= 0.3 is 0 Å². The van der Waals surface area contributed by atoms with E-state index >= 15 is 0 Å². The van der Waals surface area contributed by atoms with E-state index < -0.39 is 5.91 Å². The molecule has 28 heavy (non-hydrogen) atoms. The van der Waals surface area contributed by atoms with Crippen molar-refractivity contribution in [2.45, 2.75) is 40.5 Å². The van der Waals surface area contributed by atoms with Crippen LogP contribution in [0.15, 0.2) is 47.1 Å². The molecule has 0 bridgehead atoms. The van der Waals surface area contributed by atoms with Crippen molar-refractivity contribution in [3.05, 3.63) is 76.5 Å². The lowest BCUT2D eigenvalue weighted by molar-refractivity contribution is 0.0845. The number of aromatic nitrogens is 1. The van der Waals surface area contributed by atoms with Crippen LogP contribution in [0.4, 0.5) is 0 Å². The van der Waals surface area contributed by atoms with Gasteiger partial charge in [-0.15, -0.1) is 0 Å². The van der Waals surface area contributed by atoms with Crippen molar-refractivity contribution in [2.24, 2.45) is 0 Å². The number of carbonyl (C=O) groups excluding carboxylic acids is 2. The Kier molecular flexibility index (Phi) is 5.40. The van der Waals surface area contributed by atoms with Crippen LogP contribution >= 0.6 is 0 Å². The minimum atomic E-state index is -0.419. The molecule has 0 aliphatic rings. The Hall–Kier alpha value is -3.28. The maximum atomic E-state index is 12.6. The zero-order valence-corrected chi connectivity index (χ0v) is 16.8. The maximum absolute atomic E-state index is 12.6. The SMILES string of the molecule is Cc1occc1C(=O)NNC(=O)c1cc(C)n(-c2ccc(C(C)C)cc2)c1C. The first-order chi connectivity index (χ1) is 13.3. The zero-order chi connectivity index (χ0) is 20.4. The van der Waals surface area contributed by atoms with Crippen LogP contribution in [0, 0.1) is 20.8 Å². The van der Waals surface area contributed by atoms with E-state index in [0.717, 1.165) is 17.1 Å². The molecule has 1 aromatic carbocycles. The van der Waals surface area contributed by atoms with Crippen LogP contribution in [0.3, 0.4) is 0 Å². The molecule has 2 aromatic heterocycles. The third-order valence-electron chi connectivity index (χ3n) is 4.89. The number of aryl methyl sites for hydroxylation is 2. The van der Waals surface area contributed by atoms with Gasteiger partial charge in [-0.1, -0.05) is 26.0 Å². The molecule has 0 aliphatic heterocycles. The van der Waals surface area contributed by atoms with Gasteiger partial charge in [0, 0.05) is 17.1 Å². The van der Waals surface area contributed by atoms with Crippen LogP contribution in [0.5, 0.6) is 0 Å². The van der Waals surface area contributed by atoms with Crippen LogP contribution in [0.25, 0.3) is 5.69 Å². The van der Waals surface area contributed by atoms with Gasteiger partial charge in [0.2, 0.25) is 0 Å². The van der Waals surface area contributed by atoms with Crippen LogP contribution in [-0.4, -0.2) is 16.4 Å². The smallest absolute Gasteiger partial charge is 0.273 e. The van der Waals surface area contributed by atoms with Crippen LogP contribution in [0.2, 0.25) is 0 Å². The maximum Gasteiger partial charge on any atom is 0.273 e. The van der Waals surface area contributed by atoms with Gasteiger partial charge in [-0.05, 0) is 56.5 Å². The van der Waals surface area contributed by atoms with E-state index in [1.54, 1.807) is 13.0 Å². The van der Waals surface area contributed by atoms with Gasteiger partial charge in [0.15, 0.2) is 0 Å². The Bertz CT molecular complexity index is 1010. The number of hydrazine groups is 1. The second-order valence-corrected chi connectivity index (χ2v) is 7.17. The quantitative estimate of drug-likeness (QED) is 0.667. The summed E-state index contributed by atoms with van der Waals surface area (Å²) >= 11 is 0. The van der Waals surface area contributed by atoms with Gasteiger partial charge in [-0.3, -0.25) is 20.4 Å². The lowest BCUT2D eigenvalue weighted by Gasteiger charge is -2.12. The van der Waals surface area contributed by atoms with Crippen LogP contribution < -0.4 is 10.9 Å². The molecule has 0 atom stereocenters. The monoisotopic (exact) mass is 379 g/mol. The first kappa shape index (κ1) is 19.5. The molecule has 2 heterocycles. The van der Waals surface area contributed by atoms with Crippen LogP contribution in [0.1, 0.15) is 63.2 Å². The number of carbonyl (C=O) groups is 2. The summed E-state index contributed by atoms with van der Waals surface area (Å²) in [5, 5.41) is 0. The zero-order valence-electron chi connectivity index (χ0n) is 16.8. The molecule has 3 rings (SSSR count). The van der Waals surface area contributed by atoms with Crippen LogP contribution in [-0.2, 0) is 0 Å². The average molecular weight is 379 g/mol. The molecule has 0 aliphatic carbocycles. The summed E-state index contributed by atoms with van der Waals surface area (Å²) in [6.45, 7) is 9.84. The summed E-state index contributed by atoms with van der Waals surface area (Å²) in [7, 11) is 0. The molecule has 0 saturated carbocycles. The second kappa shape index (κ2) is 7.76. The Balaban J connectivity index is 1.78. The van der Waals surface area contributed by atoms with Crippen molar-refractivity contribution >= 4 is 11.8 Å². The standard InChI is InChI=1S/C22H25N3O3/c1-13(2)17-6-8-18(9-7-17)25-14(3)12-20(15(25)4)22(27)24-23-21(26)19-10-11-28-16(19)5/h6-13H,1-5H3,(H,23,26)(H,24,27). The Morgan fingerprint density at radius 2 is 1.54 bits per heavy atom. The lowest BCUT2D eigenvalue weighted by atomic mass is 10.0. The van der Waals surface area contributed by atoms with Gasteiger partial charge in [-0.25, -0.2) is 0 Å². The summed E-state index contributed by atoms with van der Waals surface area (Å²) in [6, 6.07) is 11.7. The van der Waals surface area contributed by atoms with Crippen molar-refractivity contribution < 1.29 is 14.0 Å². The number of benzene rings is 1. The fourth-order valence-corrected chi connectivity index (χ4v) is 3.27. The fourth-order valence-electron chi connectivity index (χ4n) is 3.27. The normalized spacial score (nSPS) is 10.9. The molecule has 0 spiro atoms. The summed E-state index contributed by atoms with van der Waals surface area (Å²) in [4.78, 5) is 24.7. The highest BCUT2D eigenvalue weighted by molar-refractivity contribution is 6.00. The number of rotatable bonds is 4. The van der Waals surface area contributed by atoms with E-state index in [1.807, 2.05) is 24.5 Å². The molecular formula is C22H25N3O3. The second-order valence-electron chi connectivity index (χ2n) is 7.17. The molecular weight excluding hydrogens is 354 g/mol. The molecule has 2 amide bonds. The van der Waals surface area contributed by atoms with Crippen molar-refractivity contribution in [1.82, 2.24) is 15.4 Å². The van der Waals surface area contributed by atoms with Gasteiger partial charge in [0.25, 0.3) is 11.8 Å². The minimum absolute atomic E-state index is 0.368. The van der Waals surface area contributed by atoms with Gasteiger partial charge < -0.3 is 8.98 Å². The summed E-state index contributed by atoms with van der Waals surface area (Å²) in [6.07, 6.45) is 1.43. The van der Waals surface area contributed by atoms with Gasteiger partial charge in [-0.2, -0.15) is 0 Å². The number of furan rings is 1. The predicted octanol–water partition coefficient (Wildman–Crippen LogP) is 4.19. The minimum Gasteiger partial charge on any atom is -0.469 e. The summed E-state index contributed by atoms with van der Waals surface area (Å²) < 4.78 is 7.14. The van der Waals surface area contributed by atoms with E-state index in [-0.39, 0.29) is 5.91 Å². The topological polar surface area (TPSA) is 76.3 Å². The lowest BCUT2D eigenvalue weighted by Crippen LogP contribution is -2.41. The van der Waals surface area contributed by atoms with Crippen molar-refractivity contribution in [3.8, 4) is 5.69 Å². The third-order valence-corrected chi connectivity index (χ3v) is 4.89. The number of amides is 2. The molecule has 146 valence electrons. The van der Waals surface area contributed by atoms with Crippen molar-refractivity contribution in [1.29, 1.82) is 0 Å². The summed E-state index contributed by atoms with van der Waals surface area (Å²) in [5.41, 5.74) is 9.81. The van der Waals surface area contributed by atoms with E-state index in [9.17, 15) is 9.59 Å². The number of hydrogen-bond donors (Lipinski definition) is 2. The van der Waals surface area contributed by atoms with E-state index in [2.05, 4.69) is 49.0 Å². The average Bonchev–Trinajstić information content (AvgIpc) is 3.22. The molecule has 6 nitrogen and oxygen atoms in total. The van der Waals surface area contributed by atoms with Crippen molar-refractivity contribution in [3.63, 3.8) is 0 Å².